The van der Waals surface area contributed by atoms with Gasteiger partial charge in [-0.2, -0.15) is 0 Å². The van der Waals surface area contributed by atoms with Crippen LogP contribution >= 0.6 is 0 Å². The summed E-state index contributed by atoms with van der Waals surface area (Å²) in [6, 6.07) is 27.8. The van der Waals surface area contributed by atoms with E-state index < -0.39 is 0 Å². The minimum Gasteiger partial charge on any atom is -0.238 e. The lowest BCUT2D eigenvalue weighted by Gasteiger charge is -2.10. The smallest absolute Gasteiger partial charge is 0.126 e. The van der Waals surface area contributed by atoms with Crippen LogP contribution in [0.25, 0.3) is 33.5 Å². The van der Waals surface area contributed by atoms with Crippen molar-refractivity contribution < 1.29 is 0 Å². The van der Waals surface area contributed by atoms with Crippen LogP contribution in [0.3, 0.4) is 0 Å². The Balaban J connectivity index is 1.63. The molecule has 0 amide bonds. The highest BCUT2D eigenvalue weighted by molar-refractivity contribution is 5.73. The van der Waals surface area contributed by atoms with Crippen molar-refractivity contribution in [1.82, 2.24) is 9.97 Å². The van der Waals surface area contributed by atoms with Crippen LogP contribution < -0.4 is 0 Å². The topological polar surface area (TPSA) is 25.8 Å². The average molecular weight is 350 g/mol. The zero-order chi connectivity index (χ0) is 18.8. The third-order valence-electron chi connectivity index (χ3n) is 4.98. The predicted octanol–water partition coefficient (Wildman–Crippen LogP) is 6.40. The first-order chi connectivity index (χ1) is 13.1. The minimum atomic E-state index is 0.814. The van der Waals surface area contributed by atoms with Gasteiger partial charge in [-0.25, -0.2) is 9.97 Å². The second kappa shape index (κ2) is 7.16. The molecule has 2 heteroatoms. The molecule has 0 radical (unpaired) electrons. The van der Waals surface area contributed by atoms with Crippen LogP contribution in [0.1, 0.15) is 17.1 Å². The van der Waals surface area contributed by atoms with E-state index in [1.165, 1.54) is 22.3 Å². The summed E-state index contributed by atoms with van der Waals surface area (Å²) in [5.41, 5.74) is 9.23. The molecule has 0 fully saturated rings. The molecule has 4 rings (SSSR count). The summed E-state index contributed by atoms with van der Waals surface area (Å²) in [6.07, 6.45) is 0. The lowest BCUT2D eigenvalue weighted by atomic mass is 9.98. The number of hydrogen-bond donors (Lipinski definition) is 0. The Hall–Kier alpha value is -3.26. The molecule has 0 aliphatic heterocycles. The van der Waals surface area contributed by atoms with Gasteiger partial charge in [-0.15, -0.1) is 0 Å². The molecule has 0 spiro atoms. The molecule has 0 aliphatic rings. The normalized spacial score (nSPS) is 10.8. The lowest BCUT2D eigenvalue weighted by molar-refractivity contribution is 0.992. The van der Waals surface area contributed by atoms with Gasteiger partial charge >= 0.3 is 0 Å². The highest BCUT2D eigenvalue weighted by atomic mass is 14.9. The molecule has 0 atom stereocenters. The first kappa shape index (κ1) is 17.2. The number of hydrogen-bond acceptors (Lipinski definition) is 2. The molecule has 2 nitrogen and oxygen atoms in total. The first-order valence-electron chi connectivity index (χ1n) is 9.20. The van der Waals surface area contributed by atoms with Crippen LogP contribution in [0.15, 0.2) is 78.9 Å². The largest absolute Gasteiger partial charge is 0.238 e. The van der Waals surface area contributed by atoms with Crippen LogP contribution in [0.2, 0.25) is 0 Å². The van der Waals surface area contributed by atoms with Gasteiger partial charge in [0.25, 0.3) is 0 Å². The van der Waals surface area contributed by atoms with E-state index in [0.29, 0.717) is 0 Å². The fraction of sp³-hybridized carbons (Fsp3) is 0.120. The lowest BCUT2D eigenvalue weighted by Crippen LogP contribution is -1.98. The van der Waals surface area contributed by atoms with Crippen LogP contribution in [0.5, 0.6) is 0 Å². The SMILES string of the molecule is Cc1nc(C)c(C)c(-c2ccc(-c3ccc(-c4ccccc4)cc3)cc2)n1. The molecule has 3 aromatic carbocycles. The van der Waals surface area contributed by atoms with E-state index in [-0.39, 0.29) is 0 Å². The summed E-state index contributed by atoms with van der Waals surface area (Å²) in [5, 5.41) is 0. The minimum absolute atomic E-state index is 0.814. The van der Waals surface area contributed by atoms with E-state index in [4.69, 9.17) is 0 Å². The maximum atomic E-state index is 4.64. The van der Waals surface area contributed by atoms with E-state index in [9.17, 15) is 0 Å². The summed E-state index contributed by atoms with van der Waals surface area (Å²) in [6.45, 7) is 6.06. The van der Waals surface area contributed by atoms with Crippen LogP contribution in [0.4, 0.5) is 0 Å². The molecule has 0 saturated heterocycles. The molecule has 0 N–H and O–H groups in total. The van der Waals surface area contributed by atoms with Crippen LogP contribution in [-0.4, -0.2) is 9.97 Å². The monoisotopic (exact) mass is 350 g/mol. The van der Waals surface area contributed by atoms with Gasteiger partial charge in [0.1, 0.15) is 5.82 Å². The maximum absolute atomic E-state index is 4.64. The van der Waals surface area contributed by atoms with Gasteiger partial charge < -0.3 is 0 Å². The van der Waals surface area contributed by atoms with Crippen molar-refractivity contribution in [2.75, 3.05) is 0 Å². The van der Waals surface area contributed by atoms with Crippen molar-refractivity contribution in [2.45, 2.75) is 20.8 Å². The van der Waals surface area contributed by atoms with Gasteiger partial charge in [-0.3, -0.25) is 0 Å². The van der Waals surface area contributed by atoms with Gasteiger partial charge in [0.15, 0.2) is 0 Å². The van der Waals surface area contributed by atoms with E-state index in [2.05, 4.69) is 89.7 Å². The molecule has 132 valence electrons. The number of rotatable bonds is 3. The third-order valence-corrected chi connectivity index (χ3v) is 4.98. The van der Waals surface area contributed by atoms with Crippen molar-refractivity contribution in [3.63, 3.8) is 0 Å². The zero-order valence-corrected chi connectivity index (χ0v) is 15.9. The first-order valence-corrected chi connectivity index (χ1v) is 9.20. The second-order valence-corrected chi connectivity index (χ2v) is 6.85. The average Bonchev–Trinajstić information content (AvgIpc) is 2.72. The number of aryl methyl sites for hydroxylation is 2. The Morgan fingerprint density at radius 2 is 0.926 bits per heavy atom. The number of aromatic nitrogens is 2. The molecule has 4 aromatic rings. The highest BCUT2D eigenvalue weighted by Gasteiger charge is 2.09. The highest BCUT2D eigenvalue weighted by Crippen LogP contribution is 2.28. The van der Waals surface area contributed by atoms with E-state index >= 15 is 0 Å². The molecule has 27 heavy (non-hydrogen) atoms. The summed E-state index contributed by atoms with van der Waals surface area (Å²) in [4.78, 5) is 9.09. The summed E-state index contributed by atoms with van der Waals surface area (Å²) < 4.78 is 0. The summed E-state index contributed by atoms with van der Waals surface area (Å²) in [7, 11) is 0. The number of benzene rings is 3. The van der Waals surface area contributed by atoms with E-state index in [0.717, 1.165) is 28.3 Å². The third kappa shape index (κ3) is 3.52. The summed E-state index contributed by atoms with van der Waals surface area (Å²) in [5.74, 6) is 0.814. The van der Waals surface area contributed by atoms with Gasteiger partial charge in [0.2, 0.25) is 0 Å². The van der Waals surface area contributed by atoms with Gasteiger partial charge in [0.05, 0.1) is 5.69 Å². The molecule has 0 bridgehead atoms. The fourth-order valence-electron chi connectivity index (χ4n) is 3.36. The van der Waals surface area contributed by atoms with Gasteiger partial charge in [-0.1, -0.05) is 78.9 Å². The second-order valence-electron chi connectivity index (χ2n) is 6.85. The Morgan fingerprint density at radius 3 is 1.44 bits per heavy atom. The molecule has 0 unspecified atom stereocenters. The standard InChI is InChI=1S/C25H22N2/c1-17-18(2)26-19(3)27-25(17)24-15-13-23(14-16-24)22-11-9-21(10-12-22)20-7-5-4-6-8-20/h4-16H,1-3H3. The quantitative estimate of drug-likeness (QED) is 0.427. The maximum Gasteiger partial charge on any atom is 0.126 e. The van der Waals surface area contributed by atoms with Crippen LogP contribution in [0, 0.1) is 20.8 Å². The Labute approximate surface area is 160 Å². The van der Waals surface area contributed by atoms with Gasteiger partial charge in [-0.05, 0) is 48.6 Å². The Bertz CT molecular complexity index is 1060. The van der Waals surface area contributed by atoms with Crippen LogP contribution in [-0.2, 0) is 0 Å². The van der Waals surface area contributed by atoms with Crippen molar-refractivity contribution >= 4 is 0 Å². The Kier molecular flexibility index (Phi) is 4.55. The predicted molar refractivity (Wildman–Crippen MR) is 113 cm³/mol. The summed E-state index contributed by atoms with van der Waals surface area (Å²) >= 11 is 0. The van der Waals surface area contributed by atoms with Crippen molar-refractivity contribution in [3.05, 3.63) is 95.9 Å². The van der Waals surface area contributed by atoms with Crippen molar-refractivity contribution in [2.24, 2.45) is 0 Å². The molecular formula is C25H22N2. The van der Waals surface area contributed by atoms with E-state index in [1.54, 1.807) is 0 Å². The molecule has 0 aliphatic carbocycles. The zero-order valence-electron chi connectivity index (χ0n) is 15.9. The van der Waals surface area contributed by atoms with Gasteiger partial charge in [0, 0.05) is 11.3 Å². The van der Waals surface area contributed by atoms with E-state index in [1.807, 2.05) is 19.9 Å². The molecule has 0 saturated carbocycles. The van der Waals surface area contributed by atoms with Crippen molar-refractivity contribution in [3.8, 4) is 33.5 Å². The van der Waals surface area contributed by atoms with Crippen molar-refractivity contribution in [1.29, 1.82) is 0 Å². The number of nitrogens with zero attached hydrogens (tertiary/aromatic N) is 2. The molecule has 1 heterocycles. The fourth-order valence-corrected chi connectivity index (χ4v) is 3.36. The Morgan fingerprint density at radius 1 is 0.481 bits per heavy atom. The molecular weight excluding hydrogens is 328 g/mol. The molecule has 1 aromatic heterocycles.